The van der Waals surface area contributed by atoms with Crippen molar-refractivity contribution in [3.8, 4) is 0 Å². The van der Waals surface area contributed by atoms with Gasteiger partial charge >= 0.3 is 13.8 Å². The van der Waals surface area contributed by atoms with Crippen molar-refractivity contribution in [1.82, 2.24) is 0 Å². The highest BCUT2D eigenvalue weighted by Crippen LogP contribution is 2.25. The third kappa shape index (κ3) is 30.2. The Kier molecular flexibility index (Phi) is 8.61. The van der Waals surface area contributed by atoms with E-state index in [-0.39, 0.29) is 6.61 Å². The largest absolute Gasteiger partial charge is 0.478 e. The van der Waals surface area contributed by atoms with E-state index in [0.29, 0.717) is 12.0 Å². The molecule has 0 radical (unpaired) electrons. The zero-order valence-corrected chi connectivity index (χ0v) is 8.39. The topological polar surface area (TPSA) is 135 Å². The molecule has 0 fully saturated rings. The highest BCUT2D eigenvalue weighted by molar-refractivity contribution is 7.45. The van der Waals surface area contributed by atoms with Crippen LogP contribution < -0.4 is 0 Å². The van der Waals surface area contributed by atoms with Crippen LogP contribution in [-0.4, -0.2) is 37.5 Å². The summed E-state index contributed by atoms with van der Waals surface area (Å²) in [6.07, 6.45) is 1.53. The number of carboxylic acid groups (broad SMARTS) is 1. The molecule has 84 valence electrons. The zero-order valence-electron chi connectivity index (χ0n) is 7.49. The minimum atomic E-state index is -4.64. The molecule has 0 aliphatic carbocycles. The van der Waals surface area contributed by atoms with E-state index in [1.54, 1.807) is 6.92 Å². The van der Waals surface area contributed by atoms with Crippen LogP contribution >= 0.6 is 7.82 Å². The predicted molar refractivity (Wildman–Crippen MR) is 47.4 cm³/mol. The summed E-state index contributed by atoms with van der Waals surface area (Å²) < 4.78 is 8.88. The number of aliphatic hydroxyl groups excluding tert-OH is 1. The van der Waals surface area contributed by atoms with Crippen molar-refractivity contribution >= 4 is 13.8 Å². The van der Waals surface area contributed by atoms with Crippen LogP contribution in [0.1, 0.15) is 13.3 Å². The maximum atomic E-state index is 9.93. The Bertz CT molecular complexity index is 232. The van der Waals surface area contributed by atoms with E-state index in [4.69, 9.17) is 29.5 Å². The summed E-state index contributed by atoms with van der Waals surface area (Å²) in [5, 5.41) is 16.5. The third-order valence-electron chi connectivity index (χ3n) is 0.876. The van der Waals surface area contributed by atoms with E-state index in [1.165, 1.54) is 0 Å². The van der Waals surface area contributed by atoms with Gasteiger partial charge in [-0.1, -0.05) is 5.57 Å². The fourth-order valence-corrected chi connectivity index (χ4v) is 0.459. The second-order valence-corrected chi connectivity index (χ2v) is 3.34. The number of aliphatic carboxylic acids is 1. The van der Waals surface area contributed by atoms with Crippen molar-refractivity contribution in [1.29, 1.82) is 0 Å². The zero-order chi connectivity index (χ0) is 11.8. The van der Waals surface area contributed by atoms with Crippen LogP contribution in [0.2, 0.25) is 0 Å². The van der Waals surface area contributed by atoms with Crippen LogP contribution in [0, 0.1) is 0 Å². The first-order valence-electron chi connectivity index (χ1n) is 3.46. The van der Waals surface area contributed by atoms with Gasteiger partial charge in [0.1, 0.15) is 0 Å². The van der Waals surface area contributed by atoms with Crippen molar-refractivity contribution in [3.63, 3.8) is 0 Å². The molecule has 8 heteroatoms. The quantitative estimate of drug-likeness (QED) is 0.323. The number of phosphoric acid groups is 1. The fourth-order valence-electron chi connectivity index (χ4n) is 0.459. The van der Waals surface area contributed by atoms with Crippen LogP contribution in [0.3, 0.4) is 0 Å². The molecule has 0 atom stereocenters. The Balaban J connectivity index is 0. The summed E-state index contributed by atoms with van der Waals surface area (Å²) >= 11 is 0. The van der Waals surface area contributed by atoms with Gasteiger partial charge in [0.2, 0.25) is 0 Å². The van der Waals surface area contributed by atoms with Gasteiger partial charge in [0, 0.05) is 12.7 Å². The second kappa shape index (κ2) is 7.66. The first-order chi connectivity index (χ1) is 6.16. The average molecular weight is 228 g/mol. The molecule has 0 saturated carbocycles. The summed E-state index contributed by atoms with van der Waals surface area (Å²) in [4.78, 5) is 31.5. The van der Waals surface area contributed by atoms with Crippen molar-refractivity contribution in [2.75, 3.05) is 6.61 Å². The van der Waals surface area contributed by atoms with Gasteiger partial charge in [-0.05, 0) is 13.3 Å². The predicted octanol–water partition coefficient (Wildman–Crippen LogP) is -0.529. The van der Waals surface area contributed by atoms with Gasteiger partial charge in [-0.3, -0.25) is 0 Å². The van der Waals surface area contributed by atoms with Crippen molar-refractivity contribution in [2.45, 2.75) is 13.3 Å². The van der Waals surface area contributed by atoms with Crippen LogP contribution in [0.4, 0.5) is 0 Å². The van der Waals surface area contributed by atoms with Gasteiger partial charge in [0.25, 0.3) is 0 Å². The molecule has 0 spiro atoms. The highest BCUT2D eigenvalue weighted by atomic mass is 31.2. The SMILES string of the molecule is CC(=CC(=O)O)CCO.O=P(O)(O)O. The molecule has 0 aromatic heterocycles. The van der Waals surface area contributed by atoms with E-state index >= 15 is 0 Å². The molecule has 5 N–H and O–H groups in total. The number of hydrogen-bond acceptors (Lipinski definition) is 3. The molecular weight excluding hydrogens is 215 g/mol. The lowest BCUT2D eigenvalue weighted by Crippen LogP contribution is -1.91. The molecule has 0 unspecified atom stereocenters. The molecule has 0 heterocycles. The van der Waals surface area contributed by atoms with E-state index < -0.39 is 13.8 Å². The molecule has 7 nitrogen and oxygen atoms in total. The van der Waals surface area contributed by atoms with Gasteiger partial charge in [-0.15, -0.1) is 0 Å². The Morgan fingerprint density at radius 1 is 1.36 bits per heavy atom. The van der Waals surface area contributed by atoms with Gasteiger partial charge in [0.05, 0.1) is 0 Å². The fraction of sp³-hybridized carbons (Fsp3) is 0.500. The summed E-state index contributed by atoms with van der Waals surface area (Å²) in [7, 11) is -4.64. The minimum Gasteiger partial charge on any atom is -0.478 e. The molecule has 0 aliphatic heterocycles. The lowest BCUT2D eigenvalue weighted by atomic mass is 10.2. The summed E-state index contributed by atoms with van der Waals surface area (Å²) in [5.41, 5.74) is 0.685. The van der Waals surface area contributed by atoms with Crippen LogP contribution in [-0.2, 0) is 9.36 Å². The number of rotatable bonds is 3. The smallest absolute Gasteiger partial charge is 0.466 e. The molecule has 0 bridgehead atoms. The van der Waals surface area contributed by atoms with E-state index in [0.717, 1.165) is 6.08 Å². The number of carboxylic acids is 1. The molecule has 0 saturated heterocycles. The number of carbonyl (C=O) groups is 1. The van der Waals surface area contributed by atoms with Crippen molar-refractivity contribution in [3.05, 3.63) is 11.6 Å². The van der Waals surface area contributed by atoms with E-state index in [9.17, 15) is 4.79 Å². The molecule has 0 aromatic carbocycles. The maximum Gasteiger partial charge on any atom is 0.466 e. The third-order valence-corrected chi connectivity index (χ3v) is 0.876. The van der Waals surface area contributed by atoms with Crippen LogP contribution in [0.5, 0.6) is 0 Å². The standard InChI is InChI=1S/C6H10O3.H3O4P/c1-5(2-3-7)4-6(8)9;1-5(2,3)4/h4,7H,2-3H2,1H3,(H,8,9);(H3,1,2,3,4). The lowest BCUT2D eigenvalue weighted by Gasteiger charge is -1.91. The van der Waals surface area contributed by atoms with E-state index in [1.807, 2.05) is 0 Å². The molecular formula is C6H13O7P. The van der Waals surface area contributed by atoms with Gasteiger partial charge < -0.3 is 24.9 Å². The normalized spacial score (nSPS) is 11.6. The Morgan fingerprint density at radius 2 is 1.71 bits per heavy atom. The maximum absolute atomic E-state index is 9.93. The summed E-state index contributed by atoms with van der Waals surface area (Å²) in [6.45, 7) is 1.68. The Hall–Kier alpha value is -0.720. The summed E-state index contributed by atoms with van der Waals surface area (Å²) in [5.74, 6) is -0.957. The van der Waals surface area contributed by atoms with Crippen molar-refractivity contribution in [2.24, 2.45) is 0 Å². The van der Waals surface area contributed by atoms with Gasteiger partial charge in [0.15, 0.2) is 0 Å². The van der Waals surface area contributed by atoms with Crippen LogP contribution in [0.15, 0.2) is 11.6 Å². The minimum absolute atomic E-state index is 0.00954. The molecule has 0 rings (SSSR count). The number of hydrogen-bond donors (Lipinski definition) is 5. The molecule has 14 heavy (non-hydrogen) atoms. The molecule has 0 amide bonds. The highest BCUT2D eigenvalue weighted by Gasteiger charge is 2.00. The first kappa shape index (κ1) is 15.7. The Morgan fingerprint density at radius 3 is 1.93 bits per heavy atom. The molecule has 0 aromatic rings. The Labute approximate surface area is 80.6 Å². The summed E-state index contributed by atoms with van der Waals surface area (Å²) in [6, 6.07) is 0. The average Bonchev–Trinajstić information content (AvgIpc) is 1.80. The second-order valence-electron chi connectivity index (χ2n) is 2.32. The lowest BCUT2D eigenvalue weighted by molar-refractivity contribution is -0.131. The number of aliphatic hydroxyl groups is 1. The van der Waals surface area contributed by atoms with Gasteiger partial charge in [-0.2, -0.15) is 0 Å². The molecule has 0 aliphatic rings. The van der Waals surface area contributed by atoms with Crippen molar-refractivity contribution < 1.29 is 34.3 Å². The van der Waals surface area contributed by atoms with E-state index in [2.05, 4.69) is 0 Å². The first-order valence-corrected chi connectivity index (χ1v) is 5.02. The monoisotopic (exact) mass is 228 g/mol. The van der Waals surface area contributed by atoms with Crippen LogP contribution in [0.25, 0.3) is 0 Å². The van der Waals surface area contributed by atoms with Gasteiger partial charge in [-0.25, -0.2) is 9.36 Å².